The monoisotopic (exact) mass is 272 g/mol. The molecule has 1 aliphatic rings. The van der Waals surface area contributed by atoms with Gasteiger partial charge in [0.25, 0.3) is 0 Å². The van der Waals surface area contributed by atoms with Crippen molar-refractivity contribution in [1.82, 2.24) is 0 Å². The van der Waals surface area contributed by atoms with Gasteiger partial charge in [0.1, 0.15) is 5.82 Å². The smallest absolute Gasteiger partial charge is 0.137 e. The van der Waals surface area contributed by atoms with Gasteiger partial charge in [-0.1, -0.05) is 25.3 Å². The number of hydrogen-bond donors (Lipinski definition) is 1. The summed E-state index contributed by atoms with van der Waals surface area (Å²) in [6.07, 6.45) is 3.93. The molecule has 0 spiro atoms. The van der Waals surface area contributed by atoms with E-state index >= 15 is 0 Å². The highest BCUT2D eigenvalue weighted by atomic mass is 79.9. The third-order valence-electron chi connectivity index (χ3n) is 3.11. The van der Waals surface area contributed by atoms with Crippen LogP contribution >= 0.6 is 15.9 Å². The van der Waals surface area contributed by atoms with Crippen molar-refractivity contribution >= 4 is 15.9 Å². The van der Waals surface area contributed by atoms with Gasteiger partial charge in [-0.3, -0.25) is 0 Å². The largest absolute Gasteiger partial charge is 0.388 e. The molecule has 0 aromatic heterocycles. The van der Waals surface area contributed by atoms with Crippen LogP contribution in [0.1, 0.15) is 37.4 Å². The summed E-state index contributed by atoms with van der Waals surface area (Å²) in [5.41, 5.74) is 0.683. The Hall–Kier alpha value is -0.410. The fourth-order valence-corrected chi connectivity index (χ4v) is 2.15. The molecular formula is C12H14BrFO. The van der Waals surface area contributed by atoms with E-state index in [1.807, 2.05) is 0 Å². The quantitative estimate of drug-likeness (QED) is 0.887. The first-order chi connectivity index (χ1) is 7.16. The molecule has 1 fully saturated rings. The fraction of sp³-hybridized carbons (Fsp3) is 0.500. The molecule has 0 bridgehead atoms. The Labute approximate surface area is 97.4 Å². The average molecular weight is 273 g/mol. The van der Waals surface area contributed by atoms with Crippen LogP contribution < -0.4 is 0 Å². The van der Waals surface area contributed by atoms with Crippen molar-refractivity contribution in [3.8, 4) is 0 Å². The normalized spacial score (nSPS) is 18.6. The lowest BCUT2D eigenvalue weighted by Crippen LogP contribution is -2.14. The molecule has 1 unspecified atom stereocenters. The van der Waals surface area contributed by atoms with E-state index in [1.165, 1.54) is 25.3 Å². The Morgan fingerprint density at radius 1 is 1.47 bits per heavy atom. The summed E-state index contributed by atoms with van der Waals surface area (Å²) < 4.78 is 13.7. The summed E-state index contributed by atoms with van der Waals surface area (Å²) in [5, 5.41) is 9.89. The molecule has 0 saturated heterocycles. The summed E-state index contributed by atoms with van der Waals surface area (Å²) in [4.78, 5) is 0. The van der Waals surface area contributed by atoms with Crippen LogP contribution in [0.15, 0.2) is 22.7 Å². The van der Waals surface area contributed by atoms with E-state index < -0.39 is 6.10 Å². The van der Waals surface area contributed by atoms with Gasteiger partial charge in [-0.05, 0) is 46.0 Å². The molecule has 3 heteroatoms. The van der Waals surface area contributed by atoms with E-state index in [9.17, 15) is 9.50 Å². The molecule has 1 nitrogen and oxygen atoms in total. The predicted octanol–water partition coefficient (Wildman–Crippen LogP) is 3.81. The topological polar surface area (TPSA) is 20.2 Å². The highest BCUT2D eigenvalue weighted by Crippen LogP contribution is 2.35. The van der Waals surface area contributed by atoms with Crippen LogP contribution in [0, 0.1) is 11.7 Å². The lowest BCUT2D eigenvalue weighted by molar-refractivity contribution is 0.118. The lowest BCUT2D eigenvalue weighted by atomic mass is 9.80. The Balaban J connectivity index is 2.03. The highest BCUT2D eigenvalue weighted by Gasteiger charge is 2.22. The minimum absolute atomic E-state index is 0.305. The van der Waals surface area contributed by atoms with E-state index in [1.54, 1.807) is 12.1 Å². The van der Waals surface area contributed by atoms with E-state index in [-0.39, 0.29) is 5.82 Å². The fourth-order valence-electron chi connectivity index (χ4n) is 1.90. The van der Waals surface area contributed by atoms with Crippen molar-refractivity contribution in [3.05, 3.63) is 34.1 Å². The third kappa shape index (κ3) is 2.58. The van der Waals surface area contributed by atoms with Crippen molar-refractivity contribution in [2.24, 2.45) is 5.92 Å². The Morgan fingerprint density at radius 2 is 2.20 bits per heavy atom. The maximum Gasteiger partial charge on any atom is 0.137 e. The first-order valence-corrected chi connectivity index (χ1v) is 6.09. The van der Waals surface area contributed by atoms with Gasteiger partial charge in [0.05, 0.1) is 10.6 Å². The van der Waals surface area contributed by atoms with Crippen LogP contribution in [-0.4, -0.2) is 5.11 Å². The molecule has 2 rings (SSSR count). The molecule has 1 aliphatic carbocycles. The minimum Gasteiger partial charge on any atom is -0.388 e. The molecule has 0 heterocycles. The van der Waals surface area contributed by atoms with Gasteiger partial charge in [-0.2, -0.15) is 0 Å². The van der Waals surface area contributed by atoms with Gasteiger partial charge < -0.3 is 5.11 Å². The minimum atomic E-state index is -0.516. The van der Waals surface area contributed by atoms with Crippen molar-refractivity contribution < 1.29 is 9.50 Å². The van der Waals surface area contributed by atoms with Crippen molar-refractivity contribution in [2.45, 2.75) is 31.8 Å². The van der Waals surface area contributed by atoms with Gasteiger partial charge in [0.15, 0.2) is 0 Å². The zero-order valence-electron chi connectivity index (χ0n) is 8.42. The first kappa shape index (κ1) is 11.1. The highest BCUT2D eigenvalue weighted by molar-refractivity contribution is 9.10. The predicted molar refractivity (Wildman–Crippen MR) is 61.0 cm³/mol. The van der Waals surface area contributed by atoms with E-state index in [0.717, 1.165) is 6.42 Å². The summed E-state index contributed by atoms with van der Waals surface area (Å²) in [7, 11) is 0. The zero-order valence-corrected chi connectivity index (χ0v) is 10.0. The Morgan fingerprint density at radius 3 is 2.73 bits per heavy atom. The summed E-state index contributed by atoms with van der Waals surface area (Å²) in [6.45, 7) is 0. The standard InChI is InChI=1S/C12H14BrFO/c13-10-5-4-9(7-11(10)14)12(15)6-8-2-1-3-8/h4-5,7-8,12,15H,1-3,6H2. The molecular weight excluding hydrogens is 259 g/mol. The van der Waals surface area contributed by atoms with E-state index in [4.69, 9.17) is 0 Å². The lowest BCUT2D eigenvalue weighted by Gasteiger charge is -2.27. The molecule has 15 heavy (non-hydrogen) atoms. The molecule has 82 valence electrons. The molecule has 1 aromatic rings. The van der Waals surface area contributed by atoms with Crippen LogP contribution in [0.2, 0.25) is 0 Å². The van der Waals surface area contributed by atoms with Gasteiger partial charge >= 0.3 is 0 Å². The van der Waals surface area contributed by atoms with Gasteiger partial charge in [-0.15, -0.1) is 0 Å². The summed E-state index contributed by atoms with van der Waals surface area (Å²) in [5.74, 6) is 0.326. The maximum atomic E-state index is 13.2. The van der Waals surface area contributed by atoms with Crippen LogP contribution in [0.3, 0.4) is 0 Å². The number of halogens is 2. The van der Waals surface area contributed by atoms with Crippen LogP contribution in [0.4, 0.5) is 4.39 Å². The number of aliphatic hydroxyl groups is 1. The number of hydrogen-bond acceptors (Lipinski definition) is 1. The van der Waals surface area contributed by atoms with E-state index in [2.05, 4.69) is 15.9 Å². The molecule has 1 atom stereocenters. The number of benzene rings is 1. The maximum absolute atomic E-state index is 13.2. The second kappa shape index (κ2) is 4.62. The first-order valence-electron chi connectivity index (χ1n) is 5.30. The zero-order chi connectivity index (χ0) is 10.8. The molecule has 0 amide bonds. The van der Waals surface area contributed by atoms with Gasteiger partial charge in [0, 0.05) is 0 Å². The van der Waals surface area contributed by atoms with Crippen molar-refractivity contribution in [2.75, 3.05) is 0 Å². The third-order valence-corrected chi connectivity index (χ3v) is 3.75. The Bertz CT molecular complexity index is 349. The molecule has 1 aromatic carbocycles. The van der Waals surface area contributed by atoms with Crippen LogP contribution in [-0.2, 0) is 0 Å². The van der Waals surface area contributed by atoms with Gasteiger partial charge in [-0.25, -0.2) is 4.39 Å². The van der Waals surface area contributed by atoms with Gasteiger partial charge in [0.2, 0.25) is 0 Å². The Kier molecular flexibility index (Phi) is 3.42. The van der Waals surface area contributed by atoms with E-state index in [0.29, 0.717) is 16.0 Å². The average Bonchev–Trinajstić information content (AvgIpc) is 2.15. The summed E-state index contributed by atoms with van der Waals surface area (Å²) >= 11 is 3.10. The molecule has 0 radical (unpaired) electrons. The molecule has 1 saturated carbocycles. The second-order valence-corrected chi connectivity index (χ2v) is 5.08. The van der Waals surface area contributed by atoms with Crippen molar-refractivity contribution in [3.63, 3.8) is 0 Å². The van der Waals surface area contributed by atoms with Crippen LogP contribution in [0.5, 0.6) is 0 Å². The van der Waals surface area contributed by atoms with Crippen LogP contribution in [0.25, 0.3) is 0 Å². The molecule has 1 N–H and O–H groups in total. The number of aliphatic hydroxyl groups excluding tert-OH is 1. The van der Waals surface area contributed by atoms with Crippen molar-refractivity contribution in [1.29, 1.82) is 0 Å². The second-order valence-electron chi connectivity index (χ2n) is 4.22. The SMILES string of the molecule is OC(CC1CCC1)c1ccc(Br)c(F)c1. The summed E-state index contributed by atoms with van der Waals surface area (Å²) in [6, 6.07) is 4.83. The number of rotatable bonds is 3. The molecule has 0 aliphatic heterocycles.